The molecule has 0 atom stereocenters. The fourth-order valence-electron chi connectivity index (χ4n) is 2.06. The Morgan fingerprint density at radius 1 is 1.16 bits per heavy atom. The highest BCUT2D eigenvalue weighted by atomic mass is 35.5. The SMILES string of the molecule is CC(C)c1ccc(-c2cc(Cl)ccc2CN(C)C)s1. The summed E-state index contributed by atoms with van der Waals surface area (Å²) >= 11 is 8.03. The number of nitrogens with zero attached hydrogens (tertiary/aromatic N) is 1. The molecule has 0 aliphatic heterocycles. The van der Waals surface area contributed by atoms with Gasteiger partial charge in [-0.05, 0) is 55.4 Å². The predicted molar refractivity (Wildman–Crippen MR) is 86.2 cm³/mol. The molecule has 0 saturated carbocycles. The van der Waals surface area contributed by atoms with E-state index in [9.17, 15) is 0 Å². The van der Waals surface area contributed by atoms with E-state index in [0.29, 0.717) is 5.92 Å². The summed E-state index contributed by atoms with van der Waals surface area (Å²) in [5.74, 6) is 0.579. The fourth-order valence-corrected chi connectivity index (χ4v) is 3.30. The average molecular weight is 294 g/mol. The smallest absolute Gasteiger partial charge is 0.0412 e. The van der Waals surface area contributed by atoms with Crippen LogP contribution in [0.5, 0.6) is 0 Å². The number of hydrogen-bond donors (Lipinski definition) is 0. The zero-order chi connectivity index (χ0) is 14.0. The summed E-state index contributed by atoms with van der Waals surface area (Å²) in [6.07, 6.45) is 0. The first kappa shape index (κ1) is 14.6. The summed E-state index contributed by atoms with van der Waals surface area (Å²) < 4.78 is 0. The molecule has 2 aromatic rings. The Bertz CT molecular complexity index is 558. The van der Waals surface area contributed by atoms with E-state index < -0.39 is 0 Å². The van der Waals surface area contributed by atoms with Gasteiger partial charge in [-0.1, -0.05) is 31.5 Å². The minimum atomic E-state index is 0.579. The summed E-state index contributed by atoms with van der Waals surface area (Å²) in [4.78, 5) is 4.91. The van der Waals surface area contributed by atoms with Crippen molar-refractivity contribution in [1.29, 1.82) is 0 Å². The molecule has 0 spiro atoms. The normalized spacial score (nSPS) is 11.5. The molecule has 0 aliphatic carbocycles. The summed E-state index contributed by atoms with van der Waals surface area (Å²) in [5, 5.41) is 0.803. The maximum Gasteiger partial charge on any atom is 0.0412 e. The summed E-state index contributed by atoms with van der Waals surface area (Å²) in [5.41, 5.74) is 2.59. The number of benzene rings is 1. The molecule has 102 valence electrons. The lowest BCUT2D eigenvalue weighted by molar-refractivity contribution is 0.403. The Morgan fingerprint density at radius 2 is 1.89 bits per heavy atom. The standard InChI is InChI=1S/C16H20ClNS/c1-11(2)15-7-8-16(19-15)14-9-13(17)6-5-12(14)10-18(3)4/h5-9,11H,10H2,1-4H3. The minimum absolute atomic E-state index is 0.579. The van der Waals surface area contributed by atoms with E-state index >= 15 is 0 Å². The minimum Gasteiger partial charge on any atom is -0.305 e. The number of thiophene rings is 1. The molecule has 3 heteroatoms. The fraction of sp³-hybridized carbons (Fsp3) is 0.375. The van der Waals surface area contributed by atoms with Crippen LogP contribution in [0.15, 0.2) is 30.3 Å². The maximum absolute atomic E-state index is 6.16. The highest BCUT2D eigenvalue weighted by Gasteiger charge is 2.11. The molecule has 2 rings (SSSR count). The third-order valence-corrected chi connectivity index (χ3v) is 4.67. The van der Waals surface area contributed by atoms with Crippen molar-refractivity contribution in [2.45, 2.75) is 26.3 Å². The highest BCUT2D eigenvalue weighted by molar-refractivity contribution is 7.15. The second-order valence-electron chi connectivity index (χ2n) is 5.40. The van der Waals surface area contributed by atoms with Crippen molar-refractivity contribution in [3.63, 3.8) is 0 Å². The third-order valence-electron chi connectivity index (χ3n) is 3.02. The van der Waals surface area contributed by atoms with Crippen LogP contribution in [-0.4, -0.2) is 19.0 Å². The second kappa shape index (κ2) is 6.08. The van der Waals surface area contributed by atoms with Gasteiger partial charge in [0.25, 0.3) is 0 Å². The topological polar surface area (TPSA) is 3.24 Å². The van der Waals surface area contributed by atoms with E-state index in [0.717, 1.165) is 11.6 Å². The number of rotatable bonds is 4. The molecule has 0 aliphatic rings. The Kier molecular flexibility index (Phi) is 4.67. The van der Waals surface area contributed by atoms with Gasteiger partial charge in [-0.15, -0.1) is 11.3 Å². The van der Waals surface area contributed by atoms with Crippen LogP contribution in [0, 0.1) is 0 Å². The molecule has 1 heterocycles. The Labute approximate surface area is 124 Å². The molecule has 1 aromatic heterocycles. The first-order valence-electron chi connectivity index (χ1n) is 6.50. The van der Waals surface area contributed by atoms with E-state index in [4.69, 9.17) is 11.6 Å². The van der Waals surface area contributed by atoms with E-state index in [-0.39, 0.29) is 0 Å². The number of hydrogen-bond acceptors (Lipinski definition) is 2. The van der Waals surface area contributed by atoms with Gasteiger partial charge in [0.05, 0.1) is 0 Å². The molecule has 0 N–H and O–H groups in total. The Morgan fingerprint density at radius 3 is 2.47 bits per heavy atom. The van der Waals surface area contributed by atoms with Gasteiger partial charge in [-0.3, -0.25) is 0 Å². The Hall–Kier alpha value is -0.830. The second-order valence-corrected chi connectivity index (χ2v) is 6.95. The number of halogens is 1. The van der Waals surface area contributed by atoms with Gasteiger partial charge < -0.3 is 4.90 Å². The van der Waals surface area contributed by atoms with Crippen LogP contribution >= 0.6 is 22.9 Å². The van der Waals surface area contributed by atoms with Crippen molar-refractivity contribution >= 4 is 22.9 Å². The van der Waals surface area contributed by atoms with E-state index in [1.807, 2.05) is 17.4 Å². The molecule has 0 saturated heterocycles. The predicted octanol–water partition coefficient (Wildman–Crippen LogP) is 5.25. The van der Waals surface area contributed by atoms with E-state index in [2.05, 4.69) is 57.1 Å². The van der Waals surface area contributed by atoms with Crippen molar-refractivity contribution < 1.29 is 0 Å². The van der Waals surface area contributed by atoms with Gasteiger partial charge in [-0.2, -0.15) is 0 Å². The largest absolute Gasteiger partial charge is 0.305 e. The van der Waals surface area contributed by atoms with Gasteiger partial charge in [0.15, 0.2) is 0 Å². The van der Waals surface area contributed by atoms with Crippen LogP contribution in [-0.2, 0) is 6.54 Å². The Balaban J connectivity index is 2.43. The monoisotopic (exact) mass is 293 g/mol. The molecular weight excluding hydrogens is 274 g/mol. The zero-order valence-electron chi connectivity index (χ0n) is 11.9. The van der Waals surface area contributed by atoms with Crippen molar-refractivity contribution in [3.8, 4) is 10.4 Å². The molecule has 0 fully saturated rings. The summed E-state index contributed by atoms with van der Waals surface area (Å²) in [6.45, 7) is 5.39. The van der Waals surface area contributed by atoms with E-state index in [1.54, 1.807) is 0 Å². The van der Waals surface area contributed by atoms with Crippen LogP contribution in [0.4, 0.5) is 0 Å². The lowest BCUT2D eigenvalue weighted by Crippen LogP contribution is -2.11. The van der Waals surface area contributed by atoms with Crippen molar-refractivity contribution in [1.82, 2.24) is 4.90 Å². The quantitative estimate of drug-likeness (QED) is 0.744. The van der Waals surface area contributed by atoms with Crippen LogP contribution in [0.1, 0.15) is 30.2 Å². The van der Waals surface area contributed by atoms with Crippen LogP contribution in [0.2, 0.25) is 5.02 Å². The van der Waals surface area contributed by atoms with Gasteiger partial charge in [0.2, 0.25) is 0 Å². The molecule has 0 bridgehead atoms. The van der Waals surface area contributed by atoms with Crippen LogP contribution < -0.4 is 0 Å². The van der Waals surface area contributed by atoms with Gasteiger partial charge in [-0.25, -0.2) is 0 Å². The van der Waals surface area contributed by atoms with Gasteiger partial charge >= 0.3 is 0 Å². The third kappa shape index (κ3) is 3.59. The highest BCUT2D eigenvalue weighted by Crippen LogP contribution is 2.35. The maximum atomic E-state index is 6.16. The van der Waals surface area contributed by atoms with Gasteiger partial charge in [0, 0.05) is 21.3 Å². The first-order chi connectivity index (χ1) is 8.97. The summed E-state index contributed by atoms with van der Waals surface area (Å²) in [6, 6.07) is 10.6. The van der Waals surface area contributed by atoms with Crippen LogP contribution in [0.3, 0.4) is 0 Å². The van der Waals surface area contributed by atoms with Gasteiger partial charge in [0.1, 0.15) is 0 Å². The molecule has 0 amide bonds. The zero-order valence-corrected chi connectivity index (χ0v) is 13.5. The molecule has 0 unspecified atom stereocenters. The van der Waals surface area contributed by atoms with Crippen molar-refractivity contribution in [2.75, 3.05) is 14.1 Å². The van der Waals surface area contributed by atoms with Crippen LogP contribution in [0.25, 0.3) is 10.4 Å². The molecule has 0 radical (unpaired) electrons. The van der Waals surface area contributed by atoms with Crippen molar-refractivity contribution in [2.24, 2.45) is 0 Å². The molecule has 1 nitrogen and oxygen atoms in total. The van der Waals surface area contributed by atoms with E-state index in [1.165, 1.54) is 20.9 Å². The van der Waals surface area contributed by atoms with Crippen molar-refractivity contribution in [3.05, 3.63) is 45.8 Å². The lowest BCUT2D eigenvalue weighted by atomic mass is 10.1. The average Bonchev–Trinajstić information content (AvgIpc) is 2.80. The first-order valence-corrected chi connectivity index (χ1v) is 7.70. The molecule has 1 aromatic carbocycles. The summed E-state index contributed by atoms with van der Waals surface area (Å²) in [7, 11) is 4.18. The molecule has 19 heavy (non-hydrogen) atoms. The molecular formula is C16H20ClNS. The lowest BCUT2D eigenvalue weighted by Gasteiger charge is -2.13.